The van der Waals surface area contributed by atoms with Gasteiger partial charge < -0.3 is 11.1 Å². The number of anilines is 1. The maximum absolute atomic E-state index is 12.0. The summed E-state index contributed by atoms with van der Waals surface area (Å²) in [6.07, 6.45) is 0.982. The molecule has 0 amide bonds. The van der Waals surface area contributed by atoms with Crippen molar-refractivity contribution in [3.63, 3.8) is 0 Å². The Hall–Kier alpha value is -0.570. The molecule has 0 aromatic carbocycles. The summed E-state index contributed by atoms with van der Waals surface area (Å²) >= 11 is 11.6. The van der Waals surface area contributed by atoms with E-state index < -0.39 is 10.0 Å². The number of sulfonamides is 1. The molecular formula is C10H16ClN3O2S3. The van der Waals surface area contributed by atoms with Crippen LogP contribution in [0.15, 0.2) is 10.3 Å². The number of nitrogen functional groups attached to an aromatic ring is 1. The van der Waals surface area contributed by atoms with Gasteiger partial charge in [-0.15, -0.1) is 11.3 Å². The van der Waals surface area contributed by atoms with Crippen LogP contribution in [-0.2, 0) is 10.0 Å². The van der Waals surface area contributed by atoms with Crippen LogP contribution in [0.2, 0.25) is 4.34 Å². The summed E-state index contributed by atoms with van der Waals surface area (Å²) in [6, 6.07) is 1.40. The fourth-order valence-electron chi connectivity index (χ4n) is 1.18. The van der Waals surface area contributed by atoms with Crippen LogP contribution < -0.4 is 15.8 Å². The van der Waals surface area contributed by atoms with E-state index in [9.17, 15) is 8.42 Å². The molecule has 0 saturated heterocycles. The average Bonchev–Trinajstić information content (AvgIpc) is 2.65. The summed E-state index contributed by atoms with van der Waals surface area (Å²) in [5.41, 5.74) is 5.71. The summed E-state index contributed by atoms with van der Waals surface area (Å²) in [4.78, 5) is 0. The molecule has 0 fully saturated rings. The number of rotatable bonds is 5. The first-order valence-electron chi connectivity index (χ1n) is 5.61. The summed E-state index contributed by atoms with van der Waals surface area (Å²) < 4.78 is 26.6. The zero-order valence-corrected chi connectivity index (χ0v) is 13.8. The molecule has 1 atom stereocenters. The van der Waals surface area contributed by atoms with Crippen LogP contribution in [0.4, 0.5) is 5.69 Å². The highest BCUT2D eigenvalue weighted by molar-refractivity contribution is 7.93. The van der Waals surface area contributed by atoms with E-state index >= 15 is 0 Å². The normalized spacial score (nSPS) is 13.0. The largest absolute Gasteiger partial charge is 0.397 e. The topological polar surface area (TPSA) is 84.2 Å². The zero-order chi connectivity index (χ0) is 14.6. The Bertz CT molecular complexity index is 556. The summed E-state index contributed by atoms with van der Waals surface area (Å²) in [7, 11) is -3.77. The molecule has 1 rings (SSSR count). The Morgan fingerprint density at radius 1 is 1.63 bits per heavy atom. The number of nitrogens with one attached hydrogen (secondary N) is 2. The van der Waals surface area contributed by atoms with Gasteiger partial charge in [-0.2, -0.15) is 0 Å². The molecule has 0 aliphatic carbocycles. The molecule has 0 aliphatic rings. The molecule has 0 radical (unpaired) electrons. The standard InChI is InChI=1S/C10H16ClN3O2S3/c1-3-6(2)5-13-10(17)14-19(15,16)9-7(12)4-8(11)18-9/h4,6H,3,5,12H2,1-2H3,(H2,13,14,17). The second-order valence-corrected chi connectivity index (χ2v) is 8.09. The van der Waals surface area contributed by atoms with E-state index in [4.69, 9.17) is 29.6 Å². The Morgan fingerprint density at radius 2 is 2.26 bits per heavy atom. The molecule has 5 nitrogen and oxygen atoms in total. The van der Waals surface area contributed by atoms with Crippen molar-refractivity contribution < 1.29 is 8.42 Å². The number of halogens is 1. The van der Waals surface area contributed by atoms with Gasteiger partial charge in [0.05, 0.1) is 10.0 Å². The van der Waals surface area contributed by atoms with Crippen LogP contribution >= 0.6 is 35.2 Å². The van der Waals surface area contributed by atoms with Crippen molar-refractivity contribution in [2.24, 2.45) is 5.92 Å². The van der Waals surface area contributed by atoms with Gasteiger partial charge in [0.2, 0.25) is 0 Å². The molecule has 0 aliphatic heterocycles. The monoisotopic (exact) mass is 341 g/mol. The van der Waals surface area contributed by atoms with E-state index in [1.165, 1.54) is 6.07 Å². The van der Waals surface area contributed by atoms with E-state index in [2.05, 4.69) is 10.0 Å². The van der Waals surface area contributed by atoms with Crippen LogP contribution in [0.3, 0.4) is 0 Å². The lowest BCUT2D eigenvalue weighted by atomic mass is 10.1. The molecule has 0 spiro atoms. The number of thiophene rings is 1. The van der Waals surface area contributed by atoms with E-state index in [1.807, 2.05) is 13.8 Å². The number of hydrogen-bond donors (Lipinski definition) is 3. The van der Waals surface area contributed by atoms with Gasteiger partial charge in [-0.05, 0) is 24.2 Å². The van der Waals surface area contributed by atoms with Crippen LogP contribution in [0.1, 0.15) is 20.3 Å². The smallest absolute Gasteiger partial charge is 0.275 e. The molecule has 1 aromatic heterocycles. The molecule has 19 heavy (non-hydrogen) atoms. The fourth-order valence-corrected chi connectivity index (χ4v) is 4.23. The quantitative estimate of drug-likeness (QED) is 0.715. The van der Waals surface area contributed by atoms with E-state index in [1.54, 1.807) is 0 Å². The molecule has 1 unspecified atom stereocenters. The Kier molecular flexibility index (Phi) is 5.84. The minimum atomic E-state index is -3.77. The van der Waals surface area contributed by atoms with Gasteiger partial charge in [-0.3, -0.25) is 4.72 Å². The summed E-state index contributed by atoms with van der Waals surface area (Å²) in [6.45, 7) is 4.70. The highest BCUT2D eigenvalue weighted by Gasteiger charge is 2.22. The maximum Gasteiger partial charge on any atom is 0.275 e. The molecule has 9 heteroatoms. The predicted octanol–water partition coefficient (Wildman–Crippen LogP) is 2.18. The lowest BCUT2D eigenvalue weighted by Crippen LogP contribution is -2.40. The lowest BCUT2D eigenvalue weighted by molar-refractivity contribution is 0.547. The van der Waals surface area contributed by atoms with Crippen LogP contribution in [-0.4, -0.2) is 20.1 Å². The molecule has 0 saturated carbocycles. The molecule has 1 aromatic rings. The van der Waals surface area contributed by atoms with E-state index in [0.29, 0.717) is 16.8 Å². The third kappa shape index (κ3) is 4.79. The Labute approximate surface area is 127 Å². The van der Waals surface area contributed by atoms with Gasteiger partial charge in [0, 0.05) is 6.54 Å². The fraction of sp³-hybridized carbons (Fsp3) is 0.500. The first-order valence-corrected chi connectivity index (χ1v) is 8.70. The van der Waals surface area contributed by atoms with Gasteiger partial charge >= 0.3 is 0 Å². The highest BCUT2D eigenvalue weighted by atomic mass is 35.5. The van der Waals surface area contributed by atoms with Crippen molar-refractivity contribution in [1.29, 1.82) is 0 Å². The second-order valence-electron chi connectivity index (χ2n) is 4.12. The van der Waals surface area contributed by atoms with Crippen molar-refractivity contribution in [1.82, 2.24) is 10.0 Å². The molecule has 108 valence electrons. The summed E-state index contributed by atoms with van der Waals surface area (Å²) in [5.74, 6) is 0.406. The van der Waals surface area contributed by atoms with Gasteiger partial charge in [0.25, 0.3) is 10.0 Å². The third-order valence-corrected chi connectivity index (χ3v) is 6.03. The van der Waals surface area contributed by atoms with Crippen molar-refractivity contribution in [2.45, 2.75) is 24.5 Å². The van der Waals surface area contributed by atoms with E-state index in [0.717, 1.165) is 17.8 Å². The average molecular weight is 342 g/mol. The van der Waals surface area contributed by atoms with Gasteiger partial charge in [0.1, 0.15) is 0 Å². The van der Waals surface area contributed by atoms with Crippen LogP contribution in [0.5, 0.6) is 0 Å². The first-order chi connectivity index (χ1) is 8.76. The second kappa shape index (κ2) is 6.74. The van der Waals surface area contributed by atoms with Crippen molar-refractivity contribution >= 4 is 56.0 Å². The maximum atomic E-state index is 12.0. The SMILES string of the molecule is CCC(C)CNC(=S)NS(=O)(=O)c1sc(Cl)cc1N. The number of thiocarbonyl (C=S) groups is 1. The summed E-state index contributed by atoms with van der Waals surface area (Å²) in [5, 5.41) is 2.92. The molecule has 1 heterocycles. The predicted molar refractivity (Wildman–Crippen MR) is 84.1 cm³/mol. The Morgan fingerprint density at radius 3 is 2.74 bits per heavy atom. The minimum Gasteiger partial charge on any atom is -0.397 e. The number of hydrogen-bond acceptors (Lipinski definition) is 5. The highest BCUT2D eigenvalue weighted by Crippen LogP contribution is 2.32. The van der Waals surface area contributed by atoms with Crippen LogP contribution in [0.25, 0.3) is 0 Å². The van der Waals surface area contributed by atoms with Crippen molar-refractivity contribution in [3.8, 4) is 0 Å². The lowest BCUT2D eigenvalue weighted by Gasteiger charge is -2.13. The Balaban J connectivity index is 2.70. The number of nitrogens with two attached hydrogens (primary N) is 1. The van der Waals surface area contributed by atoms with Crippen LogP contribution in [0, 0.1) is 5.92 Å². The van der Waals surface area contributed by atoms with E-state index in [-0.39, 0.29) is 15.0 Å². The van der Waals surface area contributed by atoms with Gasteiger partial charge in [-0.1, -0.05) is 31.9 Å². The molecule has 0 bridgehead atoms. The third-order valence-electron chi connectivity index (χ3n) is 2.47. The molecule has 4 N–H and O–H groups in total. The van der Waals surface area contributed by atoms with Gasteiger partial charge in [0.15, 0.2) is 9.32 Å². The minimum absolute atomic E-state index is 0.0230. The molecular weight excluding hydrogens is 326 g/mol. The first kappa shape index (κ1) is 16.5. The zero-order valence-electron chi connectivity index (χ0n) is 10.6. The van der Waals surface area contributed by atoms with Crippen molar-refractivity contribution in [3.05, 3.63) is 10.4 Å². The van der Waals surface area contributed by atoms with Gasteiger partial charge in [-0.25, -0.2) is 8.42 Å². The van der Waals surface area contributed by atoms with Crippen molar-refractivity contribution in [2.75, 3.05) is 12.3 Å².